The Kier molecular flexibility index (Phi) is 8.26. The zero-order valence-electron chi connectivity index (χ0n) is 23.4. The summed E-state index contributed by atoms with van der Waals surface area (Å²) in [6.45, 7) is 8.86. The summed E-state index contributed by atoms with van der Waals surface area (Å²) in [7, 11) is -3.86. The predicted molar refractivity (Wildman–Crippen MR) is 158 cm³/mol. The van der Waals surface area contributed by atoms with E-state index in [2.05, 4.69) is 21.9 Å². The Morgan fingerprint density at radius 2 is 1.68 bits per heavy atom. The molecule has 2 heterocycles. The van der Waals surface area contributed by atoms with E-state index in [0.29, 0.717) is 41.5 Å². The van der Waals surface area contributed by atoms with Crippen LogP contribution in [-0.4, -0.2) is 68.3 Å². The van der Waals surface area contributed by atoms with Crippen LogP contribution >= 0.6 is 0 Å². The number of benzene rings is 3. The van der Waals surface area contributed by atoms with Crippen molar-refractivity contribution in [3.63, 3.8) is 0 Å². The number of likely N-dealkylation sites (N-methyl/N-ethyl adjacent to an activating group) is 1. The van der Waals surface area contributed by atoms with E-state index < -0.39 is 10.0 Å². The maximum Gasteiger partial charge on any atom is 0.255 e. The summed E-state index contributed by atoms with van der Waals surface area (Å²) >= 11 is 0. The first kappa shape index (κ1) is 28.3. The molecular formula is C31H38N4O4S. The summed E-state index contributed by atoms with van der Waals surface area (Å²) in [5, 5.41) is 4.15. The van der Waals surface area contributed by atoms with Crippen molar-refractivity contribution in [3.05, 3.63) is 71.8 Å². The largest absolute Gasteiger partial charge is 0.341 e. The van der Waals surface area contributed by atoms with E-state index in [1.54, 1.807) is 30.3 Å². The molecule has 40 heavy (non-hydrogen) atoms. The highest BCUT2D eigenvalue weighted by Gasteiger charge is 2.37. The summed E-state index contributed by atoms with van der Waals surface area (Å²) in [4.78, 5) is 30.5. The van der Waals surface area contributed by atoms with Gasteiger partial charge in [-0.2, -0.15) is 0 Å². The fourth-order valence-electron chi connectivity index (χ4n) is 6.11. The average Bonchev–Trinajstić information content (AvgIpc) is 3.43. The molecule has 5 rings (SSSR count). The van der Waals surface area contributed by atoms with Gasteiger partial charge >= 0.3 is 0 Å². The number of rotatable bonds is 7. The third-order valence-corrected chi connectivity index (χ3v) is 9.94. The van der Waals surface area contributed by atoms with Crippen LogP contribution in [0.1, 0.15) is 49.0 Å². The molecule has 2 aliphatic heterocycles. The number of likely N-dealkylation sites (tertiary alicyclic amines) is 2. The van der Waals surface area contributed by atoms with E-state index in [1.165, 1.54) is 0 Å². The molecule has 8 nitrogen and oxygen atoms in total. The van der Waals surface area contributed by atoms with E-state index in [0.717, 1.165) is 31.5 Å². The lowest BCUT2D eigenvalue weighted by atomic mass is 9.94. The number of amides is 2. The average molecular weight is 563 g/mol. The van der Waals surface area contributed by atoms with Gasteiger partial charge in [0.2, 0.25) is 15.9 Å². The first-order chi connectivity index (χ1) is 19.2. The third-order valence-electron chi connectivity index (χ3n) is 8.39. The molecule has 2 aliphatic rings. The molecule has 0 aliphatic carbocycles. The number of carbonyl (C=O) groups excluding carboxylic acids is 2. The molecule has 2 saturated heterocycles. The summed E-state index contributed by atoms with van der Waals surface area (Å²) in [6.07, 6.45) is 2.49. The van der Waals surface area contributed by atoms with Gasteiger partial charge in [-0.1, -0.05) is 56.3 Å². The molecule has 0 aromatic heterocycles. The predicted octanol–water partition coefficient (Wildman–Crippen LogP) is 4.40. The first-order valence-corrected chi connectivity index (χ1v) is 15.6. The van der Waals surface area contributed by atoms with E-state index >= 15 is 0 Å². The molecule has 3 aromatic rings. The van der Waals surface area contributed by atoms with Crippen LogP contribution in [0.4, 0.5) is 5.69 Å². The van der Waals surface area contributed by atoms with Gasteiger partial charge in [-0.25, -0.2) is 13.1 Å². The van der Waals surface area contributed by atoms with E-state index in [1.807, 2.05) is 49.1 Å². The highest BCUT2D eigenvalue weighted by atomic mass is 32.2. The van der Waals surface area contributed by atoms with Crippen LogP contribution in [0.15, 0.2) is 65.6 Å². The van der Waals surface area contributed by atoms with Gasteiger partial charge in [0.05, 0.1) is 10.9 Å². The third kappa shape index (κ3) is 5.64. The van der Waals surface area contributed by atoms with Gasteiger partial charge in [-0.15, -0.1) is 0 Å². The van der Waals surface area contributed by atoms with Crippen LogP contribution in [0.25, 0.3) is 10.8 Å². The van der Waals surface area contributed by atoms with Crippen molar-refractivity contribution < 1.29 is 18.0 Å². The zero-order valence-corrected chi connectivity index (χ0v) is 24.2. The monoisotopic (exact) mass is 562 g/mol. The van der Waals surface area contributed by atoms with Gasteiger partial charge in [-0.05, 0) is 69.0 Å². The fraction of sp³-hybridized carbons (Fsp3) is 0.419. The second-order valence-electron chi connectivity index (χ2n) is 11.0. The molecule has 0 saturated carbocycles. The van der Waals surface area contributed by atoms with Gasteiger partial charge in [0, 0.05) is 41.2 Å². The van der Waals surface area contributed by atoms with Crippen LogP contribution in [0.3, 0.4) is 0 Å². The van der Waals surface area contributed by atoms with Crippen LogP contribution in [0, 0.1) is 12.8 Å². The van der Waals surface area contributed by atoms with Gasteiger partial charge in [0.1, 0.15) is 0 Å². The molecule has 3 aromatic carbocycles. The van der Waals surface area contributed by atoms with Gasteiger partial charge in [0.25, 0.3) is 5.91 Å². The zero-order chi connectivity index (χ0) is 28.4. The van der Waals surface area contributed by atoms with Crippen LogP contribution in [0.2, 0.25) is 0 Å². The Morgan fingerprint density at radius 3 is 2.40 bits per heavy atom. The molecule has 9 heteroatoms. The Morgan fingerprint density at radius 1 is 0.950 bits per heavy atom. The Bertz CT molecular complexity index is 1520. The van der Waals surface area contributed by atoms with Crippen molar-refractivity contribution in [2.75, 3.05) is 31.5 Å². The lowest BCUT2D eigenvalue weighted by Crippen LogP contribution is -2.54. The molecule has 0 bridgehead atoms. The minimum Gasteiger partial charge on any atom is -0.341 e. The SMILES string of the molecule is CCN1CCC[C@H]1C(=O)N1CC[C@H](NS(=O)(=O)c2ccc(NC(=O)c3ccccc3C)c3ccccc23)[C@@H](C)C1. The number of hydrogen-bond donors (Lipinski definition) is 2. The lowest BCUT2D eigenvalue weighted by molar-refractivity contribution is -0.137. The van der Waals surface area contributed by atoms with Crippen molar-refractivity contribution in [1.82, 2.24) is 14.5 Å². The molecule has 2 N–H and O–H groups in total. The topological polar surface area (TPSA) is 98.8 Å². The smallest absolute Gasteiger partial charge is 0.255 e. The Hall–Kier alpha value is -3.27. The van der Waals surface area contributed by atoms with Crippen molar-refractivity contribution in [1.29, 1.82) is 0 Å². The standard InChI is InChI=1S/C31H38N4O4S/c1-4-34-18-9-14-28(34)31(37)35-19-17-26(22(3)20-35)33-40(38,39)29-16-15-27(24-12-7-8-13-25(24)29)32-30(36)23-11-6-5-10-21(23)2/h5-8,10-13,15-16,22,26,28,33H,4,9,14,17-20H2,1-3H3,(H,32,36)/t22-,26-,28-/m0/s1. The number of carbonyl (C=O) groups is 2. The maximum absolute atomic E-state index is 13.7. The maximum atomic E-state index is 13.7. The molecule has 0 radical (unpaired) electrons. The molecule has 0 spiro atoms. The minimum absolute atomic E-state index is 0.0251. The number of sulfonamides is 1. The molecular weight excluding hydrogens is 524 g/mol. The van der Waals surface area contributed by atoms with Crippen LogP contribution < -0.4 is 10.0 Å². The van der Waals surface area contributed by atoms with E-state index in [9.17, 15) is 18.0 Å². The minimum atomic E-state index is -3.86. The number of aryl methyl sites for hydroxylation is 1. The van der Waals surface area contributed by atoms with Crippen molar-refractivity contribution in [2.45, 2.75) is 57.0 Å². The number of hydrogen-bond acceptors (Lipinski definition) is 5. The number of nitrogens with zero attached hydrogens (tertiary/aromatic N) is 2. The molecule has 3 atom stereocenters. The molecule has 2 amide bonds. The van der Waals surface area contributed by atoms with E-state index in [4.69, 9.17) is 0 Å². The molecule has 0 unspecified atom stereocenters. The van der Waals surface area contributed by atoms with Gasteiger partial charge < -0.3 is 10.2 Å². The highest BCUT2D eigenvalue weighted by molar-refractivity contribution is 7.89. The van der Waals surface area contributed by atoms with Gasteiger partial charge in [-0.3, -0.25) is 14.5 Å². The van der Waals surface area contributed by atoms with Crippen molar-refractivity contribution in [3.8, 4) is 0 Å². The van der Waals surface area contributed by atoms with Crippen molar-refractivity contribution >= 4 is 38.3 Å². The first-order valence-electron chi connectivity index (χ1n) is 14.1. The number of fused-ring (bicyclic) bond motifs is 1. The second kappa shape index (κ2) is 11.7. The Labute approximate surface area is 236 Å². The lowest BCUT2D eigenvalue weighted by Gasteiger charge is -2.39. The highest BCUT2D eigenvalue weighted by Crippen LogP contribution is 2.31. The normalized spacial score (nSPS) is 22.0. The summed E-state index contributed by atoms with van der Waals surface area (Å²) < 4.78 is 30.3. The fourth-order valence-corrected chi connectivity index (χ4v) is 7.70. The number of piperidine rings is 1. The number of anilines is 1. The van der Waals surface area contributed by atoms with Crippen LogP contribution in [-0.2, 0) is 14.8 Å². The van der Waals surface area contributed by atoms with Gasteiger partial charge in [0.15, 0.2) is 0 Å². The second-order valence-corrected chi connectivity index (χ2v) is 12.7. The van der Waals surface area contributed by atoms with Crippen LogP contribution in [0.5, 0.6) is 0 Å². The molecule has 2 fully saturated rings. The summed E-state index contributed by atoms with van der Waals surface area (Å²) in [5.41, 5.74) is 1.98. The molecule has 212 valence electrons. The van der Waals surface area contributed by atoms with Crippen molar-refractivity contribution in [2.24, 2.45) is 5.92 Å². The summed E-state index contributed by atoms with van der Waals surface area (Å²) in [6, 6.07) is 17.4. The number of nitrogens with one attached hydrogen (secondary N) is 2. The van der Waals surface area contributed by atoms with E-state index in [-0.39, 0.29) is 34.7 Å². The Balaban J connectivity index is 1.32. The quantitative estimate of drug-likeness (QED) is 0.445. The summed E-state index contributed by atoms with van der Waals surface area (Å²) in [5.74, 6) is -0.100.